The van der Waals surface area contributed by atoms with Crippen LogP contribution in [0.2, 0.25) is 0 Å². The molecule has 168 valence electrons. The predicted octanol–water partition coefficient (Wildman–Crippen LogP) is 5.55. The van der Waals surface area contributed by atoms with Gasteiger partial charge in [0.1, 0.15) is 0 Å². The number of nitrogens with two attached hydrogens (primary N) is 2. The highest BCUT2D eigenvalue weighted by molar-refractivity contribution is 7.99. The van der Waals surface area contributed by atoms with Crippen LogP contribution in [0.3, 0.4) is 0 Å². The molecule has 33 heavy (non-hydrogen) atoms. The van der Waals surface area contributed by atoms with Crippen molar-refractivity contribution >= 4 is 23.1 Å². The van der Waals surface area contributed by atoms with E-state index in [4.69, 9.17) is 11.5 Å². The summed E-state index contributed by atoms with van der Waals surface area (Å²) in [5.74, 6) is 0. The Balaban J connectivity index is 1.52. The van der Waals surface area contributed by atoms with Crippen molar-refractivity contribution in [3.63, 3.8) is 0 Å². The fourth-order valence-corrected chi connectivity index (χ4v) is 4.85. The quantitative estimate of drug-likeness (QED) is 0.261. The molecule has 4 rings (SSSR count). The Kier molecular flexibility index (Phi) is 7.35. The van der Waals surface area contributed by atoms with Crippen LogP contribution in [-0.2, 0) is 12.8 Å². The van der Waals surface area contributed by atoms with Crippen LogP contribution in [0.15, 0.2) is 107 Å². The SMILES string of the molecule is Nc1c(CC(O)c2ccccc2)cccc1Sc1cccc(CC(O)c2ccccc2)c1N. The molecule has 0 aliphatic rings. The summed E-state index contributed by atoms with van der Waals surface area (Å²) in [5.41, 5.74) is 17.8. The molecule has 6 N–H and O–H groups in total. The Morgan fingerprint density at radius 3 is 1.33 bits per heavy atom. The number of benzene rings is 4. The maximum Gasteiger partial charge on any atom is 0.0831 e. The van der Waals surface area contributed by atoms with E-state index in [-0.39, 0.29) is 0 Å². The number of nitrogen functional groups attached to an aromatic ring is 2. The van der Waals surface area contributed by atoms with E-state index in [1.54, 1.807) is 0 Å². The van der Waals surface area contributed by atoms with Gasteiger partial charge in [-0.2, -0.15) is 0 Å². The summed E-state index contributed by atoms with van der Waals surface area (Å²) >= 11 is 1.50. The van der Waals surface area contributed by atoms with Crippen LogP contribution in [0.25, 0.3) is 0 Å². The maximum atomic E-state index is 10.6. The number of hydrogen-bond donors (Lipinski definition) is 4. The number of aliphatic hydroxyl groups is 2. The Morgan fingerprint density at radius 1 is 0.545 bits per heavy atom. The highest BCUT2D eigenvalue weighted by Gasteiger charge is 2.16. The van der Waals surface area contributed by atoms with Gasteiger partial charge in [-0.25, -0.2) is 0 Å². The van der Waals surface area contributed by atoms with Crippen molar-refractivity contribution in [2.75, 3.05) is 11.5 Å². The van der Waals surface area contributed by atoms with Gasteiger partial charge >= 0.3 is 0 Å². The number of aliphatic hydroxyl groups excluding tert-OH is 2. The fraction of sp³-hybridized carbons (Fsp3) is 0.143. The van der Waals surface area contributed by atoms with Crippen molar-refractivity contribution in [1.29, 1.82) is 0 Å². The minimum Gasteiger partial charge on any atom is -0.398 e. The van der Waals surface area contributed by atoms with E-state index in [9.17, 15) is 10.2 Å². The smallest absolute Gasteiger partial charge is 0.0831 e. The van der Waals surface area contributed by atoms with Crippen molar-refractivity contribution in [3.8, 4) is 0 Å². The Hall–Kier alpha value is -3.25. The summed E-state index contributed by atoms with van der Waals surface area (Å²) < 4.78 is 0. The van der Waals surface area contributed by atoms with E-state index >= 15 is 0 Å². The van der Waals surface area contributed by atoms with Crippen molar-refractivity contribution in [2.45, 2.75) is 34.8 Å². The van der Waals surface area contributed by atoms with Gasteiger partial charge in [-0.1, -0.05) is 96.7 Å². The minimum atomic E-state index is -0.623. The summed E-state index contributed by atoms with van der Waals surface area (Å²) in [6, 6.07) is 30.9. The van der Waals surface area contributed by atoms with Crippen LogP contribution in [0.5, 0.6) is 0 Å². The normalized spacial score (nSPS) is 12.9. The molecule has 0 heterocycles. The largest absolute Gasteiger partial charge is 0.398 e. The molecule has 5 heteroatoms. The molecular formula is C28H28N2O2S. The third-order valence-corrected chi connectivity index (χ3v) is 6.88. The van der Waals surface area contributed by atoms with Crippen LogP contribution in [0.4, 0.5) is 11.4 Å². The van der Waals surface area contributed by atoms with Gasteiger partial charge in [0.25, 0.3) is 0 Å². The zero-order valence-electron chi connectivity index (χ0n) is 18.3. The molecule has 0 fully saturated rings. The molecule has 0 aromatic heterocycles. The molecule has 2 unspecified atom stereocenters. The second-order valence-electron chi connectivity index (χ2n) is 8.02. The molecule has 0 saturated carbocycles. The average molecular weight is 457 g/mol. The molecule has 0 aliphatic heterocycles. The van der Waals surface area contributed by atoms with Gasteiger partial charge in [-0.15, -0.1) is 0 Å². The van der Waals surface area contributed by atoms with E-state index in [2.05, 4.69) is 0 Å². The van der Waals surface area contributed by atoms with Gasteiger partial charge in [-0.05, 0) is 34.4 Å². The number of para-hydroxylation sites is 2. The monoisotopic (exact) mass is 456 g/mol. The van der Waals surface area contributed by atoms with Crippen molar-refractivity contribution < 1.29 is 10.2 Å². The highest BCUT2D eigenvalue weighted by atomic mass is 32.2. The van der Waals surface area contributed by atoms with Crippen LogP contribution < -0.4 is 11.5 Å². The molecule has 0 spiro atoms. The second-order valence-corrected chi connectivity index (χ2v) is 9.10. The Bertz CT molecular complexity index is 1100. The van der Waals surface area contributed by atoms with E-state index in [0.717, 1.165) is 32.0 Å². The van der Waals surface area contributed by atoms with E-state index in [1.165, 1.54) is 11.8 Å². The van der Waals surface area contributed by atoms with E-state index in [0.29, 0.717) is 24.2 Å². The van der Waals surface area contributed by atoms with Crippen LogP contribution in [-0.4, -0.2) is 10.2 Å². The molecular weight excluding hydrogens is 428 g/mol. The maximum absolute atomic E-state index is 10.6. The van der Waals surface area contributed by atoms with Gasteiger partial charge in [0.15, 0.2) is 0 Å². The third kappa shape index (κ3) is 5.57. The highest BCUT2D eigenvalue weighted by Crippen LogP contribution is 2.39. The first-order valence-electron chi connectivity index (χ1n) is 10.9. The topological polar surface area (TPSA) is 92.5 Å². The number of hydrogen-bond acceptors (Lipinski definition) is 5. The summed E-state index contributed by atoms with van der Waals surface area (Å²) in [6.45, 7) is 0. The Morgan fingerprint density at radius 2 is 0.939 bits per heavy atom. The summed E-state index contributed by atoms with van der Waals surface area (Å²) in [5, 5.41) is 21.3. The zero-order chi connectivity index (χ0) is 23.2. The molecule has 0 radical (unpaired) electrons. The molecule has 4 nitrogen and oxygen atoms in total. The lowest BCUT2D eigenvalue weighted by Crippen LogP contribution is -2.06. The van der Waals surface area contributed by atoms with Crippen molar-refractivity contribution in [1.82, 2.24) is 0 Å². The molecule has 0 bridgehead atoms. The molecule has 0 amide bonds. The van der Waals surface area contributed by atoms with Crippen LogP contribution in [0, 0.1) is 0 Å². The van der Waals surface area contributed by atoms with Crippen LogP contribution in [0.1, 0.15) is 34.5 Å². The molecule has 2 atom stereocenters. The first-order valence-corrected chi connectivity index (χ1v) is 11.7. The first kappa shape index (κ1) is 22.9. The molecule has 0 aliphatic carbocycles. The lowest BCUT2D eigenvalue weighted by atomic mass is 10.0. The molecule has 4 aromatic rings. The molecule has 0 saturated heterocycles. The van der Waals surface area contributed by atoms with Gasteiger partial charge in [-0.3, -0.25) is 0 Å². The average Bonchev–Trinajstić information content (AvgIpc) is 2.85. The van der Waals surface area contributed by atoms with Crippen molar-refractivity contribution in [2.24, 2.45) is 0 Å². The van der Waals surface area contributed by atoms with Gasteiger partial charge in [0.05, 0.1) is 12.2 Å². The van der Waals surface area contributed by atoms with E-state index < -0.39 is 12.2 Å². The third-order valence-electron chi connectivity index (χ3n) is 5.73. The van der Waals surface area contributed by atoms with Crippen molar-refractivity contribution in [3.05, 3.63) is 119 Å². The van der Waals surface area contributed by atoms with Gasteiger partial charge in [0.2, 0.25) is 0 Å². The Labute approximate surface area is 198 Å². The summed E-state index contributed by atoms with van der Waals surface area (Å²) in [4.78, 5) is 1.78. The van der Waals surface area contributed by atoms with Crippen LogP contribution >= 0.6 is 11.8 Å². The fourth-order valence-electron chi connectivity index (χ4n) is 3.83. The standard InChI is InChI=1S/C28H28N2O2S/c29-27-21(17-23(31)19-9-3-1-4-10-19)13-7-15-25(27)33-26-16-8-14-22(28(26)30)18-24(32)20-11-5-2-6-12-20/h1-16,23-24,31-32H,17-18,29-30H2. The number of anilines is 2. The minimum absolute atomic E-state index is 0.434. The zero-order valence-corrected chi connectivity index (χ0v) is 19.1. The first-order chi connectivity index (χ1) is 16.0. The lowest BCUT2D eigenvalue weighted by molar-refractivity contribution is 0.178. The molecule has 4 aromatic carbocycles. The number of rotatable bonds is 8. The predicted molar refractivity (Wildman–Crippen MR) is 136 cm³/mol. The summed E-state index contributed by atoms with van der Waals surface area (Å²) in [6.07, 6.45) is -0.380. The lowest BCUT2D eigenvalue weighted by Gasteiger charge is -2.17. The summed E-state index contributed by atoms with van der Waals surface area (Å²) in [7, 11) is 0. The van der Waals surface area contributed by atoms with E-state index in [1.807, 2.05) is 97.1 Å². The van der Waals surface area contributed by atoms with Gasteiger partial charge in [0, 0.05) is 34.0 Å². The van der Waals surface area contributed by atoms with Gasteiger partial charge < -0.3 is 21.7 Å². The second kappa shape index (κ2) is 10.6.